The number of benzene rings is 2. The Labute approximate surface area is 195 Å². The topological polar surface area (TPSA) is 91.8 Å². The highest BCUT2D eigenvalue weighted by Gasteiger charge is 2.39. The second-order valence-corrected chi connectivity index (χ2v) is 8.38. The van der Waals surface area contributed by atoms with E-state index in [0.717, 1.165) is 5.56 Å². The van der Waals surface area contributed by atoms with Gasteiger partial charge in [-0.2, -0.15) is 0 Å². The van der Waals surface area contributed by atoms with Crippen LogP contribution in [0.1, 0.15) is 28.8 Å². The van der Waals surface area contributed by atoms with E-state index in [2.05, 4.69) is 10.3 Å². The maximum atomic E-state index is 13.7. The van der Waals surface area contributed by atoms with Crippen molar-refractivity contribution >= 4 is 40.1 Å². The fraction of sp³-hybridized carbons (Fsp3) is 0.250. The molecule has 33 heavy (non-hydrogen) atoms. The second kappa shape index (κ2) is 10.3. The van der Waals surface area contributed by atoms with Gasteiger partial charge in [-0.05, 0) is 42.7 Å². The number of anilines is 2. The van der Waals surface area contributed by atoms with Gasteiger partial charge in [-0.15, -0.1) is 11.3 Å². The third-order valence-corrected chi connectivity index (χ3v) is 6.18. The number of rotatable bonds is 6. The first-order valence-electron chi connectivity index (χ1n) is 10.6. The fourth-order valence-electron chi connectivity index (χ4n) is 3.76. The number of hydrogen-bond acceptors (Lipinski definition) is 6. The Hall–Kier alpha value is -3.72. The Morgan fingerprint density at radius 2 is 1.91 bits per heavy atom. The van der Waals surface area contributed by atoms with Crippen molar-refractivity contribution in [3.63, 3.8) is 0 Å². The first kappa shape index (κ1) is 22.5. The summed E-state index contributed by atoms with van der Waals surface area (Å²) in [5, 5.41) is 4.86. The molecule has 170 valence electrons. The molecule has 0 saturated carbocycles. The third kappa shape index (κ3) is 5.04. The molecule has 1 saturated heterocycles. The molecule has 0 radical (unpaired) electrons. The molecule has 1 aliphatic heterocycles. The minimum Gasteiger partial charge on any atom is -0.445 e. The van der Waals surface area contributed by atoms with Crippen molar-refractivity contribution in [2.75, 3.05) is 18.5 Å². The minimum atomic E-state index is -0.657. The zero-order valence-electron chi connectivity index (χ0n) is 18.1. The average Bonchev–Trinajstić information content (AvgIpc) is 3.56. The Kier molecular flexibility index (Phi) is 6.99. The van der Waals surface area contributed by atoms with Crippen LogP contribution >= 0.6 is 11.3 Å². The molecule has 1 N–H and O–H groups in total. The Morgan fingerprint density at radius 1 is 1.15 bits per heavy atom. The van der Waals surface area contributed by atoms with Crippen LogP contribution in [0.4, 0.5) is 15.6 Å². The van der Waals surface area contributed by atoms with Crippen LogP contribution in [0.15, 0.2) is 66.2 Å². The molecule has 1 aliphatic rings. The molecule has 2 heterocycles. The molecule has 1 unspecified atom stereocenters. The van der Waals surface area contributed by atoms with E-state index in [0.29, 0.717) is 35.8 Å². The Bertz CT molecular complexity index is 1100. The predicted molar refractivity (Wildman–Crippen MR) is 125 cm³/mol. The van der Waals surface area contributed by atoms with Gasteiger partial charge < -0.3 is 10.1 Å². The molecule has 0 aliphatic carbocycles. The summed E-state index contributed by atoms with van der Waals surface area (Å²) in [5.41, 5.74) is 1.94. The van der Waals surface area contributed by atoms with Crippen LogP contribution in [0.3, 0.4) is 0 Å². The zero-order chi connectivity index (χ0) is 23.2. The van der Waals surface area contributed by atoms with Crippen molar-refractivity contribution < 1.29 is 19.1 Å². The molecule has 1 atom stereocenters. The minimum absolute atomic E-state index is 0.147. The molecule has 3 aromatic rings. The highest BCUT2D eigenvalue weighted by Crippen LogP contribution is 2.31. The molecule has 1 fully saturated rings. The van der Waals surface area contributed by atoms with E-state index < -0.39 is 12.1 Å². The van der Waals surface area contributed by atoms with Crippen LogP contribution in [0.5, 0.6) is 0 Å². The van der Waals surface area contributed by atoms with Gasteiger partial charge in [0.2, 0.25) is 0 Å². The molecule has 0 spiro atoms. The van der Waals surface area contributed by atoms with Gasteiger partial charge in [-0.3, -0.25) is 19.4 Å². The number of hydrogen-bond donors (Lipinski definition) is 1. The highest BCUT2D eigenvalue weighted by molar-refractivity contribution is 7.13. The molecule has 4 rings (SSSR count). The number of nitrogens with zero attached hydrogens (tertiary/aromatic N) is 3. The number of carbonyl (C=O) groups excluding carboxylic acids is 3. The summed E-state index contributed by atoms with van der Waals surface area (Å²) in [5.74, 6) is -0.469. The standard InChI is InChI=1S/C24H24N4O4S/c1-25-21(29)18-9-11-19(12-10-18)28(23-26-13-15-33-23)22(30)20-8-5-14-27(20)24(31)32-16-17-6-3-2-4-7-17/h2-4,6-7,9-13,15,20H,5,8,14,16H2,1H3,(H,25,29). The predicted octanol–water partition coefficient (Wildman–Crippen LogP) is 3.97. The van der Waals surface area contributed by atoms with Crippen LogP contribution in [0.2, 0.25) is 0 Å². The van der Waals surface area contributed by atoms with E-state index in [1.54, 1.807) is 42.9 Å². The lowest BCUT2D eigenvalue weighted by atomic mass is 10.1. The maximum Gasteiger partial charge on any atom is 0.410 e. The van der Waals surface area contributed by atoms with E-state index in [1.807, 2.05) is 30.3 Å². The number of amides is 3. The largest absolute Gasteiger partial charge is 0.445 e. The smallest absolute Gasteiger partial charge is 0.410 e. The molecule has 2 aromatic carbocycles. The van der Waals surface area contributed by atoms with E-state index in [-0.39, 0.29) is 18.4 Å². The first-order valence-corrected chi connectivity index (χ1v) is 11.5. The number of carbonyl (C=O) groups is 3. The normalized spacial score (nSPS) is 15.2. The van der Waals surface area contributed by atoms with Gasteiger partial charge in [0.15, 0.2) is 5.13 Å². The summed E-state index contributed by atoms with van der Waals surface area (Å²) in [6.45, 7) is 0.597. The van der Waals surface area contributed by atoms with Crippen molar-refractivity contribution in [3.05, 3.63) is 77.3 Å². The molecular weight excluding hydrogens is 440 g/mol. The number of likely N-dealkylation sites (tertiary alicyclic amines) is 1. The zero-order valence-corrected chi connectivity index (χ0v) is 19.0. The summed E-state index contributed by atoms with van der Waals surface area (Å²) in [4.78, 5) is 45.7. The lowest BCUT2D eigenvalue weighted by Crippen LogP contribution is -2.46. The number of nitrogens with one attached hydrogen (secondary N) is 1. The first-order chi connectivity index (χ1) is 16.1. The van der Waals surface area contributed by atoms with E-state index >= 15 is 0 Å². The van der Waals surface area contributed by atoms with Gasteiger partial charge in [0.1, 0.15) is 12.6 Å². The lowest BCUT2D eigenvalue weighted by molar-refractivity contribution is -0.121. The van der Waals surface area contributed by atoms with Gasteiger partial charge in [0.25, 0.3) is 11.8 Å². The number of thiazole rings is 1. The SMILES string of the molecule is CNC(=O)c1ccc(N(C(=O)C2CCCN2C(=O)OCc2ccccc2)c2nccs2)cc1. The summed E-state index contributed by atoms with van der Waals surface area (Å²) in [6, 6.07) is 15.5. The lowest BCUT2D eigenvalue weighted by Gasteiger charge is -2.28. The summed E-state index contributed by atoms with van der Waals surface area (Å²) in [6.07, 6.45) is 2.36. The van der Waals surface area contributed by atoms with E-state index in [4.69, 9.17) is 4.74 Å². The van der Waals surface area contributed by atoms with E-state index in [1.165, 1.54) is 21.1 Å². The molecular formula is C24H24N4O4S. The van der Waals surface area contributed by atoms with Crippen molar-refractivity contribution in [1.82, 2.24) is 15.2 Å². The quantitative estimate of drug-likeness (QED) is 0.596. The number of ether oxygens (including phenoxy) is 1. The van der Waals surface area contributed by atoms with Crippen LogP contribution in [0.25, 0.3) is 0 Å². The van der Waals surface area contributed by atoms with Gasteiger partial charge in [0, 0.05) is 30.7 Å². The van der Waals surface area contributed by atoms with Crippen molar-refractivity contribution in [2.24, 2.45) is 0 Å². The summed E-state index contributed by atoms with van der Waals surface area (Å²) in [7, 11) is 1.56. The van der Waals surface area contributed by atoms with Crippen molar-refractivity contribution in [1.29, 1.82) is 0 Å². The van der Waals surface area contributed by atoms with Crippen molar-refractivity contribution in [3.8, 4) is 0 Å². The van der Waals surface area contributed by atoms with Crippen LogP contribution in [0, 0.1) is 0 Å². The summed E-state index contributed by atoms with van der Waals surface area (Å²) < 4.78 is 5.48. The fourth-order valence-corrected chi connectivity index (χ4v) is 4.42. The van der Waals surface area contributed by atoms with Crippen LogP contribution in [-0.4, -0.2) is 47.4 Å². The van der Waals surface area contributed by atoms with Gasteiger partial charge in [-0.25, -0.2) is 9.78 Å². The molecule has 8 nitrogen and oxygen atoms in total. The monoisotopic (exact) mass is 464 g/mol. The Morgan fingerprint density at radius 3 is 2.58 bits per heavy atom. The maximum absolute atomic E-state index is 13.7. The van der Waals surface area contributed by atoms with E-state index in [9.17, 15) is 14.4 Å². The third-order valence-electron chi connectivity index (χ3n) is 5.42. The Balaban J connectivity index is 1.54. The van der Waals surface area contributed by atoms with Gasteiger partial charge in [0.05, 0.1) is 5.69 Å². The molecule has 9 heteroatoms. The summed E-state index contributed by atoms with van der Waals surface area (Å²) >= 11 is 1.33. The van der Waals surface area contributed by atoms with Gasteiger partial charge >= 0.3 is 6.09 Å². The number of aromatic nitrogens is 1. The molecule has 1 aromatic heterocycles. The van der Waals surface area contributed by atoms with Gasteiger partial charge in [-0.1, -0.05) is 30.3 Å². The average molecular weight is 465 g/mol. The van der Waals surface area contributed by atoms with Crippen LogP contribution in [-0.2, 0) is 16.1 Å². The second-order valence-electron chi connectivity index (χ2n) is 7.51. The van der Waals surface area contributed by atoms with Crippen LogP contribution < -0.4 is 10.2 Å². The molecule has 0 bridgehead atoms. The van der Waals surface area contributed by atoms with Crippen molar-refractivity contribution in [2.45, 2.75) is 25.5 Å². The molecule has 3 amide bonds. The highest BCUT2D eigenvalue weighted by atomic mass is 32.1.